The lowest BCUT2D eigenvalue weighted by Crippen LogP contribution is -2.45. The maximum Gasteiger partial charge on any atom is 0.309 e. The molecule has 1 N–H and O–H groups in total. The number of piperidine rings is 1. The average molecular weight is 433 g/mol. The third-order valence-corrected chi connectivity index (χ3v) is 5.44. The molecule has 1 saturated heterocycles. The largest absolute Gasteiger partial charge is 0.466 e. The van der Waals surface area contributed by atoms with E-state index in [1.54, 1.807) is 43.1 Å². The third kappa shape index (κ3) is 4.99. The van der Waals surface area contributed by atoms with Gasteiger partial charge < -0.3 is 14.5 Å². The van der Waals surface area contributed by atoms with E-state index < -0.39 is 0 Å². The number of carbonyl (C=O) groups is 3. The van der Waals surface area contributed by atoms with Crippen molar-refractivity contribution in [1.29, 1.82) is 0 Å². The van der Waals surface area contributed by atoms with Crippen LogP contribution in [-0.2, 0) is 14.3 Å². The van der Waals surface area contributed by atoms with Gasteiger partial charge in [0.1, 0.15) is 0 Å². The monoisotopic (exact) mass is 432 g/mol. The molecule has 9 heteroatoms. The van der Waals surface area contributed by atoms with E-state index >= 15 is 0 Å². The van der Waals surface area contributed by atoms with Crippen molar-refractivity contribution < 1.29 is 19.1 Å². The normalized spacial score (nSPS) is 14.4. The first kappa shape index (κ1) is 21.8. The van der Waals surface area contributed by atoms with Gasteiger partial charge in [-0.05, 0) is 31.9 Å². The van der Waals surface area contributed by atoms with Crippen LogP contribution in [0.2, 0.25) is 5.02 Å². The zero-order valence-corrected chi connectivity index (χ0v) is 17.8. The van der Waals surface area contributed by atoms with Gasteiger partial charge in [0.15, 0.2) is 0 Å². The fourth-order valence-corrected chi connectivity index (χ4v) is 3.62. The molecule has 0 atom stereocenters. The topological polar surface area (TPSA) is 95.6 Å². The zero-order chi connectivity index (χ0) is 21.7. The lowest BCUT2D eigenvalue weighted by Gasteiger charge is -2.32. The number of benzene rings is 1. The third-order valence-electron chi connectivity index (χ3n) is 5.19. The average Bonchev–Trinajstić information content (AvgIpc) is 3.23. The molecule has 8 nitrogen and oxygen atoms in total. The van der Waals surface area contributed by atoms with E-state index in [0.717, 1.165) is 5.56 Å². The van der Waals surface area contributed by atoms with Gasteiger partial charge in [0.25, 0.3) is 5.91 Å². The summed E-state index contributed by atoms with van der Waals surface area (Å²) in [6, 6.07) is 7.06. The van der Waals surface area contributed by atoms with Crippen LogP contribution in [0.4, 0.5) is 0 Å². The Morgan fingerprint density at radius 1 is 1.23 bits per heavy atom. The minimum Gasteiger partial charge on any atom is -0.466 e. The number of hydrogen-bond acceptors (Lipinski definition) is 5. The van der Waals surface area contributed by atoms with Crippen LogP contribution in [0, 0.1) is 5.92 Å². The van der Waals surface area contributed by atoms with Crippen LogP contribution >= 0.6 is 11.6 Å². The van der Waals surface area contributed by atoms with Crippen molar-refractivity contribution in [2.45, 2.75) is 19.8 Å². The Morgan fingerprint density at radius 3 is 2.53 bits per heavy atom. The number of likely N-dealkylation sites (N-methyl/N-ethyl adjacent to an activating group) is 1. The number of nitrogens with zero attached hydrogens (tertiary/aromatic N) is 3. The lowest BCUT2D eigenvalue weighted by atomic mass is 9.97. The van der Waals surface area contributed by atoms with Gasteiger partial charge in [-0.25, -0.2) is 0 Å². The van der Waals surface area contributed by atoms with Crippen molar-refractivity contribution >= 4 is 29.4 Å². The number of H-pyrrole nitrogens is 1. The van der Waals surface area contributed by atoms with Crippen molar-refractivity contribution in [3.05, 3.63) is 41.0 Å². The molecule has 0 aliphatic carbocycles. The molecule has 0 unspecified atom stereocenters. The number of nitrogens with one attached hydrogen (secondary N) is 1. The van der Waals surface area contributed by atoms with Crippen LogP contribution in [-0.4, -0.2) is 71.1 Å². The number of ether oxygens (including phenoxy) is 1. The van der Waals surface area contributed by atoms with Gasteiger partial charge in [-0.3, -0.25) is 19.5 Å². The number of carbonyl (C=O) groups excluding carboxylic acids is 3. The van der Waals surface area contributed by atoms with E-state index in [2.05, 4.69) is 10.2 Å². The Bertz CT molecular complexity index is 904. The van der Waals surface area contributed by atoms with E-state index in [1.165, 1.54) is 11.1 Å². The summed E-state index contributed by atoms with van der Waals surface area (Å²) in [6.07, 6.45) is 2.60. The minimum atomic E-state index is -0.302. The van der Waals surface area contributed by atoms with E-state index in [0.29, 0.717) is 48.8 Å². The molecule has 1 aromatic carbocycles. The van der Waals surface area contributed by atoms with Crippen LogP contribution < -0.4 is 0 Å². The minimum absolute atomic E-state index is 0.0475. The smallest absolute Gasteiger partial charge is 0.309 e. The molecule has 0 spiro atoms. The Morgan fingerprint density at radius 2 is 1.90 bits per heavy atom. The van der Waals surface area contributed by atoms with E-state index in [-0.39, 0.29) is 30.2 Å². The molecule has 2 aromatic rings. The van der Waals surface area contributed by atoms with E-state index in [9.17, 15) is 14.4 Å². The standard InChI is InChI=1S/C21H25ClN4O4/c1-3-30-21(29)15-8-10-26(11-9-15)18(27)13-25(2)20(28)17-12-23-24-19(17)14-4-6-16(22)7-5-14/h4-7,12,15H,3,8-11,13H2,1-2H3,(H,23,24). The lowest BCUT2D eigenvalue weighted by molar-refractivity contribution is -0.151. The number of aromatic nitrogens is 2. The number of esters is 1. The molecule has 2 heterocycles. The van der Waals surface area contributed by atoms with Crippen LogP contribution in [0.15, 0.2) is 30.5 Å². The highest BCUT2D eigenvalue weighted by Crippen LogP contribution is 2.24. The van der Waals surface area contributed by atoms with Crippen molar-refractivity contribution in [3.63, 3.8) is 0 Å². The highest BCUT2D eigenvalue weighted by molar-refractivity contribution is 6.30. The molecule has 0 radical (unpaired) electrons. The summed E-state index contributed by atoms with van der Waals surface area (Å²) in [7, 11) is 1.59. The summed E-state index contributed by atoms with van der Waals surface area (Å²) in [5, 5.41) is 7.43. The van der Waals surface area contributed by atoms with Crippen molar-refractivity contribution in [2.75, 3.05) is 33.3 Å². The van der Waals surface area contributed by atoms with Crippen LogP contribution in [0.3, 0.4) is 0 Å². The maximum atomic E-state index is 12.9. The SMILES string of the molecule is CCOC(=O)C1CCN(C(=O)CN(C)C(=O)c2cn[nH]c2-c2ccc(Cl)cc2)CC1. The fourth-order valence-electron chi connectivity index (χ4n) is 3.49. The zero-order valence-electron chi connectivity index (χ0n) is 17.1. The second-order valence-corrected chi connectivity index (χ2v) is 7.67. The van der Waals surface area contributed by atoms with Gasteiger partial charge in [-0.2, -0.15) is 5.10 Å². The predicted octanol–water partition coefficient (Wildman–Crippen LogP) is 2.60. The molecule has 2 amide bonds. The van der Waals surface area contributed by atoms with Crippen molar-refractivity contribution in [2.24, 2.45) is 5.92 Å². The van der Waals surface area contributed by atoms with E-state index in [4.69, 9.17) is 16.3 Å². The summed E-state index contributed by atoms with van der Waals surface area (Å²) in [5.74, 6) is -0.819. The van der Waals surface area contributed by atoms with Gasteiger partial charge >= 0.3 is 5.97 Å². The number of rotatable bonds is 6. The Kier molecular flexibility index (Phi) is 7.10. The first-order valence-corrected chi connectivity index (χ1v) is 10.3. The van der Waals surface area contributed by atoms with Gasteiger partial charge in [0, 0.05) is 30.7 Å². The Balaban J connectivity index is 1.59. The molecule has 1 fully saturated rings. The predicted molar refractivity (Wildman–Crippen MR) is 112 cm³/mol. The van der Waals surface area contributed by atoms with Gasteiger partial charge in [0.2, 0.25) is 5.91 Å². The summed E-state index contributed by atoms with van der Waals surface area (Å²) < 4.78 is 5.06. The molecule has 0 bridgehead atoms. The second-order valence-electron chi connectivity index (χ2n) is 7.23. The van der Waals surface area contributed by atoms with E-state index in [1.807, 2.05) is 0 Å². The first-order valence-electron chi connectivity index (χ1n) is 9.89. The number of aromatic amines is 1. The summed E-state index contributed by atoms with van der Waals surface area (Å²) in [6.45, 7) is 3.05. The van der Waals surface area contributed by atoms with Crippen LogP contribution in [0.25, 0.3) is 11.3 Å². The summed E-state index contributed by atoms with van der Waals surface area (Å²) in [4.78, 5) is 40.5. The highest BCUT2D eigenvalue weighted by atomic mass is 35.5. The Labute approximate surface area is 180 Å². The van der Waals surface area contributed by atoms with Crippen LogP contribution in [0.5, 0.6) is 0 Å². The highest BCUT2D eigenvalue weighted by Gasteiger charge is 2.29. The van der Waals surface area contributed by atoms with Gasteiger partial charge in [-0.1, -0.05) is 23.7 Å². The molecular formula is C21H25ClN4O4. The number of hydrogen-bond donors (Lipinski definition) is 1. The summed E-state index contributed by atoms with van der Waals surface area (Å²) in [5.41, 5.74) is 1.74. The van der Waals surface area contributed by atoms with Crippen molar-refractivity contribution in [3.8, 4) is 11.3 Å². The molecule has 160 valence electrons. The first-order chi connectivity index (χ1) is 14.4. The molecule has 3 rings (SSSR count). The van der Waals surface area contributed by atoms with Crippen molar-refractivity contribution in [1.82, 2.24) is 20.0 Å². The molecule has 30 heavy (non-hydrogen) atoms. The molecule has 1 aliphatic rings. The second kappa shape index (κ2) is 9.75. The fraction of sp³-hybridized carbons (Fsp3) is 0.429. The Hall–Kier alpha value is -2.87. The quantitative estimate of drug-likeness (QED) is 0.708. The number of halogens is 1. The van der Waals surface area contributed by atoms with Crippen LogP contribution in [0.1, 0.15) is 30.1 Å². The molecule has 1 aliphatic heterocycles. The van der Waals surface area contributed by atoms with Gasteiger partial charge in [-0.15, -0.1) is 0 Å². The summed E-state index contributed by atoms with van der Waals surface area (Å²) >= 11 is 5.93. The maximum absolute atomic E-state index is 12.9. The number of amides is 2. The molecule has 1 aromatic heterocycles. The molecular weight excluding hydrogens is 408 g/mol. The molecule has 0 saturated carbocycles. The number of likely N-dealkylation sites (tertiary alicyclic amines) is 1. The van der Waals surface area contributed by atoms with Gasteiger partial charge in [0.05, 0.1) is 36.5 Å².